The molecule has 0 aromatic heterocycles. The number of esters is 1. The molecular weight excluding hydrogens is 430 g/mol. The van der Waals surface area contributed by atoms with Crippen LogP contribution in [0.2, 0.25) is 0 Å². The van der Waals surface area contributed by atoms with E-state index >= 15 is 0 Å². The van der Waals surface area contributed by atoms with Gasteiger partial charge in [-0.25, -0.2) is 4.79 Å². The first-order valence-corrected chi connectivity index (χ1v) is 9.45. The van der Waals surface area contributed by atoms with Crippen molar-refractivity contribution in [3.8, 4) is 17.2 Å². The molecule has 0 fully saturated rings. The lowest BCUT2D eigenvalue weighted by Gasteiger charge is -2.10. The number of amides is 1. The average Bonchev–Trinajstić information content (AvgIpc) is 2.71. The van der Waals surface area contributed by atoms with Crippen LogP contribution in [0.3, 0.4) is 0 Å². The summed E-state index contributed by atoms with van der Waals surface area (Å²) in [5.41, 5.74) is 0.283. The van der Waals surface area contributed by atoms with Crippen molar-refractivity contribution in [1.82, 2.24) is 5.32 Å². The molecule has 0 heterocycles. The molecule has 0 radical (unpaired) electrons. The van der Waals surface area contributed by atoms with Crippen molar-refractivity contribution in [1.29, 1.82) is 0 Å². The Morgan fingerprint density at radius 3 is 2.29 bits per heavy atom. The molecule has 0 spiro atoms. The standard InChI is InChI=1S/C20H22BrNO6/c1-3-26-14-4-6-15(7-5-14)27-11-10-22-19(23)13-28-20(24)17-12-16(25-2)8-9-18(17)21/h4-9,12H,3,10-11,13H2,1-2H3,(H,22,23). The average molecular weight is 452 g/mol. The number of rotatable bonds is 10. The maximum absolute atomic E-state index is 12.1. The highest BCUT2D eigenvalue weighted by Crippen LogP contribution is 2.23. The van der Waals surface area contributed by atoms with Crippen molar-refractivity contribution in [2.45, 2.75) is 6.92 Å². The molecule has 0 unspecified atom stereocenters. The summed E-state index contributed by atoms with van der Waals surface area (Å²) in [4.78, 5) is 23.9. The molecule has 0 aliphatic heterocycles. The minimum absolute atomic E-state index is 0.283. The predicted octanol–water partition coefficient (Wildman–Crippen LogP) is 3.21. The van der Waals surface area contributed by atoms with Gasteiger partial charge in [0.15, 0.2) is 6.61 Å². The molecule has 150 valence electrons. The van der Waals surface area contributed by atoms with Crippen LogP contribution in [0.25, 0.3) is 0 Å². The lowest BCUT2D eigenvalue weighted by Crippen LogP contribution is -2.32. The summed E-state index contributed by atoms with van der Waals surface area (Å²) >= 11 is 3.27. The first-order valence-electron chi connectivity index (χ1n) is 8.66. The largest absolute Gasteiger partial charge is 0.497 e. The summed E-state index contributed by atoms with van der Waals surface area (Å²) < 4.78 is 21.5. The van der Waals surface area contributed by atoms with Crippen LogP contribution < -0.4 is 19.5 Å². The Labute approximate surface area is 172 Å². The molecular formula is C20H22BrNO6. The quantitative estimate of drug-likeness (QED) is 0.441. The molecule has 1 amide bonds. The molecule has 2 aromatic rings. The van der Waals surface area contributed by atoms with Crippen molar-refractivity contribution >= 4 is 27.8 Å². The maximum atomic E-state index is 12.1. The first kappa shape index (κ1) is 21.6. The molecule has 0 aliphatic carbocycles. The van der Waals surface area contributed by atoms with E-state index in [4.69, 9.17) is 18.9 Å². The predicted molar refractivity (Wildman–Crippen MR) is 107 cm³/mol. The Hall–Kier alpha value is -2.74. The molecule has 8 heteroatoms. The molecule has 2 rings (SSSR count). The Kier molecular flexibility index (Phi) is 8.61. The van der Waals surface area contributed by atoms with Gasteiger partial charge >= 0.3 is 5.97 Å². The van der Waals surface area contributed by atoms with Crippen LogP contribution in [0.15, 0.2) is 46.9 Å². The SMILES string of the molecule is CCOc1ccc(OCCNC(=O)COC(=O)c2cc(OC)ccc2Br)cc1. The van der Waals surface area contributed by atoms with Crippen molar-refractivity contribution in [3.63, 3.8) is 0 Å². The number of methoxy groups -OCH3 is 1. The van der Waals surface area contributed by atoms with Gasteiger partial charge in [-0.3, -0.25) is 4.79 Å². The zero-order valence-electron chi connectivity index (χ0n) is 15.7. The van der Waals surface area contributed by atoms with Crippen molar-refractivity contribution in [3.05, 3.63) is 52.5 Å². The second-order valence-electron chi connectivity index (χ2n) is 5.52. The van der Waals surface area contributed by atoms with Gasteiger partial charge in [0.25, 0.3) is 5.91 Å². The van der Waals surface area contributed by atoms with E-state index < -0.39 is 11.9 Å². The van der Waals surface area contributed by atoms with Gasteiger partial charge in [-0.1, -0.05) is 0 Å². The summed E-state index contributed by atoms with van der Waals surface area (Å²) in [5.74, 6) is 0.930. The van der Waals surface area contributed by atoms with Gasteiger partial charge in [0.2, 0.25) is 0 Å². The smallest absolute Gasteiger partial charge is 0.339 e. The van der Waals surface area contributed by atoms with Gasteiger partial charge in [-0.2, -0.15) is 0 Å². The van der Waals surface area contributed by atoms with Crippen LogP contribution in [0.5, 0.6) is 17.2 Å². The maximum Gasteiger partial charge on any atom is 0.339 e. The van der Waals surface area contributed by atoms with Gasteiger partial charge in [0, 0.05) is 4.47 Å². The van der Waals surface area contributed by atoms with Crippen molar-refractivity contribution in [2.75, 3.05) is 33.5 Å². The number of hydrogen-bond donors (Lipinski definition) is 1. The summed E-state index contributed by atoms with van der Waals surface area (Å²) in [7, 11) is 1.50. The van der Waals surface area contributed by atoms with E-state index in [2.05, 4.69) is 21.2 Å². The summed E-state index contributed by atoms with van der Waals surface area (Å²) in [6.07, 6.45) is 0. The van der Waals surface area contributed by atoms with Gasteiger partial charge in [-0.05, 0) is 65.3 Å². The Bertz CT molecular complexity index is 794. The van der Waals surface area contributed by atoms with E-state index in [0.29, 0.717) is 22.6 Å². The third kappa shape index (κ3) is 6.77. The van der Waals surface area contributed by atoms with Crippen LogP contribution in [0.1, 0.15) is 17.3 Å². The van der Waals surface area contributed by atoms with E-state index in [0.717, 1.165) is 5.75 Å². The van der Waals surface area contributed by atoms with E-state index in [1.165, 1.54) is 13.2 Å². The number of carbonyl (C=O) groups excluding carboxylic acids is 2. The zero-order valence-corrected chi connectivity index (χ0v) is 17.3. The first-order chi connectivity index (χ1) is 13.5. The third-order valence-electron chi connectivity index (χ3n) is 3.56. The van der Waals surface area contributed by atoms with E-state index in [1.54, 1.807) is 24.3 Å². The molecule has 0 aliphatic rings. The fourth-order valence-electron chi connectivity index (χ4n) is 2.21. The fraction of sp³-hybridized carbons (Fsp3) is 0.300. The van der Waals surface area contributed by atoms with Crippen LogP contribution in [-0.4, -0.2) is 45.4 Å². The van der Waals surface area contributed by atoms with E-state index in [1.807, 2.05) is 19.1 Å². The number of carbonyl (C=O) groups is 2. The molecule has 0 saturated heterocycles. The molecule has 2 aromatic carbocycles. The van der Waals surface area contributed by atoms with Gasteiger partial charge in [0.1, 0.15) is 23.9 Å². The van der Waals surface area contributed by atoms with E-state index in [-0.39, 0.29) is 25.3 Å². The number of halogens is 1. The number of ether oxygens (including phenoxy) is 4. The lowest BCUT2D eigenvalue weighted by atomic mass is 10.2. The number of benzene rings is 2. The van der Waals surface area contributed by atoms with Crippen molar-refractivity contribution in [2.24, 2.45) is 0 Å². The van der Waals surface area contributed by atoms with Crippen molar-refractivity contribution < 1.29 is 28.5 Å². The fourth-order valence-corrected chi connectivity index (χ4v) is 2.61. The highest BCUT2D eigenvalue weighted by atomic mass is 79.9. The topological polar surface area (TPSA) is 83.1 Å². The molecule has 0 atom stereocenters. The molecule has 1 N–H and O–H groups in total. The minimum Gasteiger partial charge on any atom is -0.497 e. The van der Waals surface area contributed by atoms with Crippen LogP contribution in [-0.2, 0) is 9.53 Å². The second-order valence-corrected chi connectivity index (χ2v) is 6.38. The van der Waals surface area contributed by atoms with E-state index in [9.17, 15) is 9.59 Å². The summed E-state index contributed by atoms with van der Waals surface area (Å²) in [5, 5.41) is 2.63. The molecule has 28 heavy (non-hydrogen) atoms. The van der Waals surface area contributed by atoms with Crippen LogP contribution in [0, 0.1) is 0 Å². The number of nitrogens with one attached hydrogen (secondary N) is 1. The summed E-state index contributed by atoms with van der Waals surface area (Å²) in [6, 6.07) is 12.1. The molecule has 0 saturated carbocycles. The van der Waals surface area contributed by atoms with Crippen LogP contribution in [0.4, 0.5) is 0 Å². The lowest BCUT2D eigenvalue weighted by molar-refractivity contribution is -0.124. The van der Waals surface area contributed by atoms with Gasteiger partial charge < -0.3 is 24.3 Å². The summed E-state index contributed by atoms with van der Waals surface area (Å²) in [6.45, 7) is 2.71. The van der Waals surface area contributed by atoms with Gasteiger partial charge in [-0.15, -0.1) is 0 Å². The molecule has 0 bridgehead atoms. The van der Waals surface area contributed by atoms with Gasteiger partial charge in [0.05, 0.1) is 25.8 Å². The Balaban J connectivity index is 1.69. The second kappa shape index (κ2) is 11.2. The monoisotopic (exact) mass is 451 g/mol. The Morgan fingerprint density at radius 1 is 1.00 bits per heavy atom. The Morgan fingerprint density at radius 2 is 1.64 bits per heavy atom. The third-order valence-corrected chi connectivity index (χ3v) is 4.25. The minimum atomic E-state index is -0.619. The van der Waals surface area contributed by atoms with Crippen LogP contribution >= 0.6 is 15.9 Å². The highest BCUT2D eigenvalue weighted by Gasteiger charge is 2.14. The normalized spacial score (nSPS) is 10.1. The highest BCUT2D eigenvalue weighted by molar-refractivity contribution is 9.10. The molecule has 7 nitrogen and oxygen atoms in total. The number of hydrogen-bond acceptors (Lipinski definition) is 6. The zero-order chi connectivity index (χ0) is 20.4.